The third-order valence-electron chi connectivity index (χ3n) is 3.14. The molecule has 0 aliphatic carbocycles. The van der Waals surface area contributed by atoms with Crippen LogP contribution in [-0.2, 0) is 6.54 Å². The molecule has 0 spiro atoms. The second kappa shape index (κ2) is 4.72. The van der Waals surface area contributed by atoms with E-state index in [-0.39, 0.29) is 11.5 Å². The lowest BCUT2D eigenvalue weighted by Gasteiger charge is -2.16. The SMILES string of the molecule is CNC1CCN(Cc2ccc(O)cc2O)C1. The molecule has 1 atom stereocenters. The molecule has 1 aromatic carbocycles. The predicted molar refractivity (Wildman–Crippen MR) is 62.5 cm³/mol. The van der Waals surface area contributed by atoms with Crippen molar-refractivity contribution >= 4 is 0 Å². The third kappa shape index (κ3) is 2.46. The van der Waals surface area contributed by atoms with Gasteiger partial charge in [0, 0.05) is 37.3 Å². The van der Waals surface area contributed by atoms with Gasteiger partial charge in [-0.25, -0.2) is 0 Å². The van der Waals surface area contributed by atoms with Crippen LogP contribution in [0.15, 0.2) is 18.2 Å². The third-order valence-corrected chi connectivity index (χ3v) is 3.14. The fourth-order valence-corrected chi connectivity index (χ4v) is 2.14. The molecule has 4 heteroatoms. The lowest BCUT2D eigenvalue weighted by atomic mass is 10.2. The maximum absolute atomic E-state index is 9.67. The summed E-state index contributed by atoms with van der Waals surface area (Å²) in [6, 6.07) is 5.33. The number of likely N-dealkylation sites (N-methyl/N-ethyl adjacent to an activating group) is 1. The Bertz CT molecular complexity index is 368. The topological polar surface area (TPSA) is 55.7 Å². The Morgan fingerprint density at radius 1 is 1.44 bits per heavy atom. The Kier molecular flexibility index (Phi) is 3.31. The molecule has 0 aromatic heterocycles. The van der Waals surface area contributed by atoms with Crippen LogP contribution in [0.3, 0.4) is 0 Å². The van der Waals surface area contributed by atoms with Crippen molar-refractivity contribution in [2.75, 3.05) is 20.1 Å². The Hall–Kier alpha value is -1.26. The van der Waals surface area contributed by atoms with E-state index in [1.54, 1.807) is 12.1 Å². The number of hydrogen-bond donors (Lipinski definition) is 3. The minimum Gasteiger partial charge on any atom is -0.508 e. The first-order valence-electron chi connectivity index (χ1n) is 5.59. The van der Waals surface area contributed by atoms with Gasteiger partial charge in [0.25, 0.3) is 0 Å². The molecule has 0 amide bonds. The number of likely N-dealkylation sites (tertiary alicyclic amines) is 1. The van der Waals surface area contributed by atoms with Gasteiger partial charge in [-0.2, -0.15) is 0 Å². The maximum atomic E-state index is 9.67. The zero-order valence-corrected chi connectivity index (χ0v) is 9.48. The molecule has 1 aliphatic heterocycles. The van der Waals surface area contributed by atoms with E-state index in [9.17, 15) is 10.2 Å². The van der Waals surface area contributed by atoms with Gasteiger partial charge in [0.1, 0.15) is 11.5 Å². The van der Waals surface area contributed by atoms with Gasteiger partial charge >= 0.3 is 0 Å². The van der Waals surface area contributed by atoms with E-state index in [0.29, 0.717) is 6.04 Å². The van der Waals surface area contributed by atoms with Gasteiger partial charge < -0.3 is 15.5 Å². The van der Waals surface area contributed by atoms with E-state index in [1.807, 2.05) is 7.05 Å². The first-order chi connectivity index (χ1) is 7.69. The molecule has 1 saturated heterocycles. The van der Waals surface area contributed by atoms with Crippen molar-refractivity contribution in [3.8, 4) is 11.5 Å². The van der Waals surface area contributed by atoms with Crippen LogP contribution in [0, 0.1) is 0 Å². The van der Waals surface area contributed by atoms with E-state index in [4.69, 9.17) is 0 Å². The van der Waals surface area contributed by atoms with E-state index >= 15 is 0 Å². The molecule has 88 valence electrons. The minimum atomic E-state index is 0.107. The molecule has 0 bridgehead atoms. The standard InChI is InChI=1S/C12H18N2O2/c1-13-10-4-5-14(8-10)7-9-2-3-11(15)6-12(9)16/h2-3,6,10,13,15-16H,4-5,7-8H2,1H3. The summed E-state index contributed by atoms with van der Waals surface area (Å²) in [6.07, 6.45) is 1.15. The molecule has 0 saturated carbocycles. The number of benzene rings is 1. The molecule has 1 heterocycles. The summed E-state index contributed by atoms with van der Waals surface area (Å²) in [6.45, 7) is 2.80. The number of phenolic OH excluding ortho intramolecular Hbond substituents is 2. The van der Waals surface area contributed by atoms with Gasteiger partial charge in [-0.15, -0.1) is 0 Å². The molecule has 2 rings (SSSR count). The number of hydrogen-bond acceptors (Lipinski definition) is 4. The second-order valence-electron chi connectivity index (χ2n) is 4.32. The molecule has 4 nitrogen and oxygen atoms in total. The van der Waals surface area contributed by atoms with Crippen LogP contribution in [-0.4, -0.2) is 41.3 Å². The maximum Gasteiger partial charge on any atom is 0.123 e. The number of nitrogens with one attached hydrogen (secondary N) is 1. The zero-order chi connectivity index (χ0) is 11.5. The quantitative estimate of drug-likeness (QED) is 0.711. The summed E-state index contributed by atoms with van der Waals surface area (Å²) in [5, 5.41) is 22.1. The highest BCUT2D eigenvalue weighted by atomic mass is 16.3. The summed E-state index contributed by atoms with van der Waals surface area (Å²) in [7, 11) is 1.98. The van der Waals surface area contributed by atoms with Gasteiger partial charge in [-0.1, -0.05) is 6.07 Å². The van der Waals surface area contributed by atoms with Crippen LogP contribution in [0.25, 0.3) is 0 Å². The average molecular weight is 222 g/mol. The molecule has 0 radical (unpaired) electrons. The van der Waals surface area contributed by atoms with Crippen LogP contribution in [0.2, 0.25) is 0 Å². The van der Waals surface area contributed by atoms with Crippen LogP contribution < -0.4 is 5.32 Å². The summed E-state index contributed by atoms with van der Waals surface area (Å²) in [5.74, 6) is 0.281. The monoisotopic (exact) mass is 222 g/mol. The highest BCUT2D eigenvalue weighted by molar-refractivity contribution is 5.38. The van der Waals surface area contributed by atoms with Crippen molar-refractivity contribution in [1.82, 2.24) is 10.2 Å². The molecule has 1 aromatic rings. The Balaban J connectivity index is 1.99. The smallest absolute Gasteiger partial charge is 0.123 e. The second-order valence-corrected chi connectivity index (χ2v) is 4.32. The summed E-state index contributed by atoms with van der Waals surface area (Å²) in [4.78, 5) is 2.30. The minimum absolute atomic E-state index is 0.107. The van der Waals surface area contributed by atoms with Gasteiger partial charge in [0.2, 0.25) is 0 Å². The van der Waals surface area contributed by atoms with Gasteiger partial charge in [-0.3, -0.25) is 4.90 Å². The number of rotatable bonds is 3. The Morgan fingerprint density at radius 2 is 2.25 bits per heavy atom. The normalized spacial score (nSPS) is 21.4. The first-order valence-corrected chi connectivity index (χ1v) is 5.59. The highest BCUT2D eigenvalue weighted by Gasteiger charge is 2.21. The molecule has 16 heavy (non-hydrogen) atoms. The first kappa shape index (κ1) is 11.2. The van der Waals surface area contributed by atoms with Crippen molar-refractivity contribution in [1.29, 1.82) is 0 Å². The summed E-state index contributed by atoms with van der Waals surface area (Å²) in [5.41, 5.74) is 0.870. The average Bonchev–Trinajstić information content (AvgIpc) is 2.70. The van der Waals surface area contributed by atoms with E-state index in [1.165, 1.54) is 6.07 Å². The van der Waals surface area contributed by atoms with Crippen molar-refractivity contribution < 1.29 is 10.2 Å². The van der Waals surface area contributed by atoms with Crippen LogP contribution in [0.5, 0.6) is 11.5 Å². The predicted octanol–water partition coefficient (Wildman–Crippen LogP) is 0.891. The van der Waals surface area contributed by atoms with E-state index < -0.39 is 0 Å². The molecule has 1 aliphatic rings. The van der Waals surface area contributed by atoms with Crippen molar-refractivity contribution in [3.05, 3.63) is 23.8 Å². The summed E-state index contributed by atoms with van der Waals surface area (Å²) < 4.78 is 0. The van der Waals surface area contributed by atoms with Crippen LogP contribution in [0.1, 0.15) is 12.0 Å². The number of phenols is 2. The van der Waals surface area contributed by atoms with Gasteiger partial charge in [0.05, 0.1) is 0 Å². The molecular formula is C12H18N2O2. The molecular weight excluding hydrogens is 204 g/mol. The number of aromatic hydroxyl groups is 2. The van der Waals surface area contributed by atoms with Gasteiger partial charge in [0.15, 0.2) is 0 Å². The highest BCUT2D eigenvalue weighted by Crippen LogP contribution is 2.24. The zero-order valence-electron chi connectivity index (χ0n) is 9.48. The fourth-order valence-electron chi connectivity index (χ4n) is 2.14. The van der Waals surface area contributed by atoms with E-state index in [2.05, 4.69) is 10.2 Å². The molecule has 1 fully saturated rings. The van der Waals surface area contributed by atoms with Crippen LogP contribution >= 0.6 is 0 Å². The Labute approximate surface area is 95.5 Å². The van der Waals surface area contributed by atoms with Gasteiger partial charge in [-0.05, 0) is 19.5 Å². The van der Waals surface area contributed by atoms with Crippen molar-refractivity contribution in [2.24, 2.45) is 0 Å². The van der Waals surface area contributed by atoms with E-state index in [0.717, 1.165) is 31.6 Å². The largest absolute Gasteiger partial charge is 0.508 e. The van der Waals surface area contributed by atoms with Crippen molar-refractivity contribution in [3.63, 3.8) is 0 Å². The van der Waals surface area contributed by atoms with Crippen LogP contribution in [0.4, 0.5) is 0 Å². The lowest BCUT2D eigenvalue weighted by Crippen LogP contribution is -2.29. The molecule has 1 unspecified atom stereocenters. The summed E-state index contributed by atoms with van der Waals surface area (Å²) >= 11 is 0. The lowest BCUT2D eigenvalue weighted by molar-refractivity contribution is 0.315. The Morgan fingerprint density at radius 3 is 2.88 bits per heavy atom. The molecule has 3 N–H and O–H groups in total. The van der Waals surface area contributed by atoms with Crippen molar-refractivity contribution in [2.45, 2.75) is 19.0 Å². The number of nitrogens with zero attached hydrogens (tertiary/aromatic N) is 1. The fraction of sp³-hybridized carbons (Fsp3) is 0.500.